The van der Waals surface area contributed by atoms with Gasteiger partial charge in [-0.25, -0.2) is 0 Å². The minimum atomic E-state index is 0.849. The molecule has 0 spiro atoms. The highest BCUT2D eigenvalue weighted by atomic mass is 16.5. The van der Waals surface area contributed by atoms with Crippen LogP contribution in [0.5, 0.6) is 0 Å². The average Bonchev–Trinajstić information content (AvgIpc) is 2.49. The zero-order valence-electron chi connectivity index (χ0n) is 12.2. The first-order valence-electron chi connectivity index (χ1n) is 7.76. The molecule has 0 radical (unpaired) electrons. The van der Waals surface area contributed by atoms with Gasteiger partial charge in [-0.1, -0.05) is 6.07 Å². The van der Waals surface area contributed by atoms with E-state index in [0.717, 1.165) is 51.6 Å². The van der Waals surface area contributed by atoms with E-state index >= 15 is 0 Å². The van der Waals surface area contributed by atoms with E-state index in [1.54, 1.807) is 0 Å². The Morgan fingerprint density at radius 2 is 1.75 bits per heavy atom. The lowest BCUT2D eigenvalue weighted by atomic mass is 10.1. The minimum absolute atomic E-state index is 0.849. The molecule has 2 heterocycles. The molecule has 2 N–H and O–H groups in total. The van der Waals surface area contributed by atoms with E-state index in [4.69, 9.17) is 10.5 Å². The number of hydrogen-bond acceptors (Lipinski definition) is 4. The van der Waals surface area contributed by atoms with Crippen molar-refractivity contribution in [2.75, 3.05) is 50.0 Å². The third kappa shape index (κ3) is 3.25. The van der Waals surface area contributed by atoms with Gasteiger partial charge in [0.1, 0.15) is 0 Å². The highest BCUT2D eigenvalue weighted by molar-refractivity contribution is 5.68. The highest BCUT2D eigenvalue weighted by Gasteiger charge is 2.15. The molecule has 2 saturated heterocycles. The summed E-state index contributed by atoms with van der Waals surface area (Å²) >= 11 is 0. The van der Waals surface area contributed by atoms with Crippen molar-refractivity contribution in [3.8, 4) is 0 Å². The Balaban J connectivity index is 1.66. The third-order valence-electron chi connectivity index (χ3n) is 4.30. The molecule has 2 aliphatic rings. The molecule has 1 aromatic carbocycles. The molecule has 20 heavy (non-hydrogen) atoms. The van der Waals surface area contributed by atoms with Gasteiger partial charge >= 0.3 is 0 Å². The molecule has 110 valence electrons. The Morgan fingerprint density at radius 3 is 2.45 bits per heavy atom. The number of benzene rings is 1. The SMILES string of the molecule is Nc1cc(CN2CCOCC2)ccc1N1CCCCC1. The van der Waals surface area contributed by atoms with Crippen molar-refractivity contribution in [2.24, 2.45) is 0 Å². The van der Waals surface area contributed by atoms with Gasteiger partial charge < -0.3 is 15.4 Å². The van der Waals surface area contributed by atoms with Crippen molar-refractivity contribution in [3.05, 3.63) is 23.8 Å². The number of nitrogen functional groups attached to an aromatic ring is 1. The number of anilines is 2. The predicted molar refractivity (Wildman–Crippen MR) is 83.0 cm³/mol. The van der Waals surface area contributed by atoms with E-state index in [2.05, 4.69) is 28.0 Å². The smallest absolute Gasteiger partial charge is 0.0600 e. The van der Waals surface area contributed by atoms with Gasteiger partial charge in [0.25, 0.3) is 0 Å². The van der Waals surface area contributed by atoms with E-state index in [1.807, 2.05) is 0 Å². The fourth-order valence-electron chi connectivity index (χ4n) is 3.14. The lowest BCUT2D eigenvalue weighted by Gasteiger charge is -2.30. The Labute approximate surface area is 121 Å². The van der Waals surface area contributed by atoms with E-state index in [9.17, 15) is 0 Å². The zero-order valence-corrected chi connectivity index (χ0v) is 12.2. The van der Waals surface area contributed by atoms with Crippen molar-refractivity contribution in [1.29, 1.82) is 0 Å². The van der Waals surface area contributed by atoms with Gasteiger partial charge in [0.05, 0.1) is 24.6 Å². The molecule has 1 aromatic rings. The van der Waals surface area contributed by atoms with E-state index in [-0.39, 0.29) is 0 Å². The van der Waals surface area contributed by atoms with Crippen LogP contribution >= 0.6 is 0 Å². The molecule has 4 heteroatoms. The fraction of sp³-hybridized carbons (Fsp3) is 0.625. The van der Waals surface area contributed by atoms with Crippen LogP contribution in [0.2, 0.25) is 0 Å². The largest absolute Gasteiger partial charge is 0.397 e. The summed E-state index contributed by atoms with van der Waals surface area (Å²) < 4.78 is 5.39. The molecule has 3 rings (SSSR count). The average molecular weight is 275 g/mol. The van der Waals surface area contributed by atoms with Gasteiger partial charge in [0.2, 0.25) is 0 Å². The quantitative estimate of drug-likeness (QED) is 0.858. The third-order valence-corrected chi connectivity index (χ3v) is 4.30. The molecular weight excluding hydrogens is 250 g/mol. The second-order valence-electron chi connectivity index (χ2n) is 5.83. The lowest BCUT2D eigenvalue weighted by molar-refractivity contribution is 0.0342. The molecule has 0 saturated carbocycles. The number of hydrogen-bond donors (Lipinski definition) is 1. The molecular formula is C16H25N3O. The normalized spacial score (nSPS) is 21.1. The van der Waals surface area contributed by atoms with Gasteiger partial charge in [0.15, 0.2) is 0 Å². The zero-order chi connectivity index (χ0) is 13.8. The van der Waals surface area contributed by atoms with Gasteiger partial charge in [-0.15, -0.1) is 0 Å². The second kappa shape index (κ2) is 6.46. The van der Waals surface area contributed by atoms with Crippen LogP contribution in [-0.4, -0.2) is 44.3 Å². The number of nitrogens with two attached hydrogens (primary N) is 1. The maximum atomic E-state index is 6.27. The van der Waals surface area contributed by atoms with Crippen molar-refractivity contribution < 1.29 is 4.74 Å². The summed E-state index contributed by atoms with van der Waals surface area (Å²) in [5, 5.41) is 0. The minimum Gasteiger partial charge on any atom is -0.397 e. The van der Waals surface area contributed by atoms with Crippen LogP contribution in [0, 0.1) is 0 Å². The monoisotopic (exact) mass is 275 g/mol. The van der Waals surface area contributed by atoms with Gasteiger partial charge in [-0.3, -0.25) is 4.90 Å². The molecule has 0 bridgehead atoms. The van der Waals surface area contributed by atoms with Crippen LogP contribution < -0.4 is 10.6 Å². The first-order chi connectivity index (χ1) is 9.83. The molecule has 0 aliphatic carbocycles. The highest BCUT2D eigenvalue weighted by Crippen LogP contribution is 2.27. The summed E-state index contributed by atoms with van der Waals surface area (Å²) in [5.74, 6) is 0. The molecule has 4 nitrogen and oxygen atoms in total. The number of rotatable bonds is 3. The molecule has 0 amide bonds. The first kappa shape index (κ1) is 13.7. The maximum Gasteiger partial charge on any atom is 0.0600 e. The van der Waals surface area contributed by atoms with Crippen LogP contribution in [0.1, 0.15) is 24.8 Å². The van der Waals surface area contributed by atoms with Gasteiger partial charge in [0, 0.05) is 32.7 Å². The van der Waals surface area contributed by atoms with Crippen molar-refractivity contribution in [2.45, 2.75) is 25.8 Å². The fourth-order valence-corrected chi connectivity index (χ4v) is 3.14. The lowest BCUT2D eigenvalue weighted by Crippen LogP contribution is -2.35. The van der Waals surface area contributed by atoms with Crippen molar-refractivity contribution in [1.82, 2.24) is 4.90 Å². The summed E-state index contributed by atoms with van der Waals surface area (Å²) in [6.07, 6.45) is 3.93. The molecule has 2 fully saturated rings. The standard InChI is InChI=1S/C16H25N3O/c17-15-12-14(13-18-8-10-20-11-9-18)4-5-16(15)19-6-2-1-3-7-19/h4-5,12H,1-3,6-11,13,17H2. The Kier molecular flexibility index (Phi) is 4.43. The number of morpholine rings is 1. The molecule has 0 aromatic heterocycles. The van der Waals surface area contributed by atoms with E-state index in [0.29, 0.717) is 0 Å². The van der Waals surface area contributed by atoms with Crippen molar-refractivity contribution >= 4 is 11.4 Å². The summed E-state index contributed by atoms with van der Waals surface area (Å²) in [7, 11) is 0. The van der Waals surface area contributed by atoms with Crippen molar-refractivity contribution in [3.63, 3.8) is 0 Å². The Bertz CT molecular complexity index is 437. The molecule has 0 unspecified atom stereocenters. The van der Waals surface area contributed by atoms with Gasteiger partial charge in [-0.05, 0) is 37.0 Å². The summed E-state index contributed by atoms with van der Waals surface area (Å²) in [5.41, 5.74) is 9.73. The number of piperidine rings is 1. The van der Waals surface area contributed by atoms with Crippen LogP contribution in [0.25, 0.3) is 0 Å². The predicted octanol–water partition coefficient (Wildman–Crippen LogP) is 2.09. The number of ether oxygens (including phenoxy) is 1. The van der Waals surface area contributed by atoms with Crippen LogP contribution in [0.4, 0.5) is 11.4 Å². The maximum absolute atomic E-state index is 6.27. The second-order valence-corrected chi connectivity index (χ2v) is 5.83. The van der Waals surface area contributed by atoms with E-state index < -0.39 is 0 Å². The molecule has 2 aliphatic heterocycles. The van der Waals surface area contributed by atoms with E-state index in [1.165, 1.54) is 30.5 Å². The number of nitrogens with zero attached hydrogens (tertiary/aromatic N) is 2. The first-order valence-corrected chi connectivity index (χ1v) is 7.76. The summed E-state index contributed by atoms with van der Waals surface area (Å²) in [4.78, 5) is 4.86. The topological polar surface area (TPSA) is 41.7 Å². The molecule has 0 atom stereocenters. The van der Waals surface area contributed by atoms with Crippen LogP contribution in [0.15, 0.2) is 18.2 Å². The van der Waals surface area contributed by atoms with Gasteiger partial charge in [-0.2, -0.15) is 0 Å². The Morgan fingerprint density at radius 1 is 1.00 bits per heavy atom. The van der Waals surface area contributed by atoms with Crippen LogP contribution in [-0.2, 0) is 11.3 Å². The summed E-state index contributed by atoms with van der Waals surface area (Å²) in [6.45, 7) is 7.01. The Hall–Kier alpha value is -1.26. The van der Waals surface area contributed by atoms with Crippen LogP contribution in [0.3, 0.4) is 0 Å². The summed E-state index contributed by atoms with van der Waals surface area (Å²) in [6, 6.07) is 6.59.